The van der Waals surface area contributed by atoms with Gasteiger partial charge in [-0.1, -0.05) is 0 Å². The van der Waals surface area contributed by atoms with E-state index in [9.17, 15) is 4.79 Å². The molecule has 1 aliphatic rings. The molecule has 23 heavy (non-hydrogen) atoms. The predicted octanol–water partition coefficient (Wildman–Crippen LogP) is 2.26. The number of carbonyl (C=O) groups excluding carboxylic acids is 1. The molecule has 1 saturated heterocycles. The number of aromatic nitrogens is 1. The third kappa shape index (κ3) is 3.65. The van der Waals surface area contributed by atoms with Crippen molar-refractivity contribution < 1.29 is 9.53 Å². The summed E-state index contributed by atoms with van der Waals surface area (Å²) < 4.78 is 5.14. The van der Waals surface area contributed by atoms with Gasteiger partial charge in [-0.15, -0.1) is 0 Å². The van der Waals surface area contributed by atoms with E-state index in [0.29, 0.717) is 22.7 Å². The van der Waals surface area contributed by atoms with Crippen LogP contribution in [-0.4, -0.2) is 30.6 Å². The van der Waals surface area contributed by atoms with Gasteiger partial charge in [0.25, 0.3) is 5.91 Å². The second-order valence-electron chi connectivity index (χ2n) is 5.35. The van der Waals surface area contributed by atoms with Gasteiger partial charge in [0.1, 0.15) is 0 Å². The Morgan fingerprint density at radius 3 is 2.74 bits per heavy atom. The molecule has 2 heterocycles. The number of hydrogen-bond donors (Lipinski definition) is 2. The smallest absolute Gasteiger partial charge is 0.259 e. The maximum Gasteiger partial charge on any atom is 0.259 e. The van der Waals surface area contributed by atoms with Crippen LogP contribution in [0.4, 0.5) is 11.4 Å². The lowest BCUT2D eigenvalue weighted by Crippen LogP contribution is -2.33. The van der Waals surface area contributed by atoms with Crippen LogP contribution in [0, 0.1) is 17.2 Å². The number of nitrogens with one attached hydrogen (secondary N) is 2. The largest absolute Gasteiger partial charge is 0.384 e. The monoisotopic (exact) mass is 308 g/mol. The molecule has 0 bridgehead atoms. The fraction of sp³-hybridized carbons (Fsp3) is 0.235. The SMILES string of the molecule is N#Cc1ccc(NC(=O)c2cnccc2NCC2COC2)cc1. The fourth-order valence-corrected chi connectivity index (χ4v) is 2.21. The van der Waals surface area contributed by atoms with Gasteiger partial charge in [-0.3, -0.25) is 9.78 Å². The maximum atomic E-state index is 12.4. The van der Waals surface area contributed by atoms with Crippen molar-refractivity contribution in [3.8, 4) is 6.07 Å². The Morgan fingerprint density at radius 2 is 2.09 bits per heavy atom. The number of anilines is 2. The van der Waals surface area contributed by atoms with Crippen LogP contribution in [0.1, 0.15) is 15.9 Å². The Morgan fingerprint density at radius 1 is 1.30 bits per heavy atom. The van der Waals surface area contributed by atoms with E-state index in [0.717, 1.165) is 25.4 Å². The van der Waals surface area contributed by atoms with Gasteiger partial charge in [0.15, 0.2) is 0 Å². The number of rotatable bonds is 5. The van der Waals surface area contributed by atoms with Crippen molar-refractivity contribution in [3.05, 3.63) is 53.9 Å². The van der Waals surface area contributed by atoms with Crippen LogP contribution >= 0.6 is 0 Å². The van der Waals surface area contributed by atoms with Crippen LogP contribution in [0.15, 0.2) is 42.7 Å². The summed E-state index contributed by atoms with van der Waals surface area (Å²) in [4.78, 5) is 16.5. The van der Waals surface area contributed by atoms with Crippen LogP contribution in [-0.2, 0) is 4.74 Å². The topological polar surface area (TPSA) is 87.0 Å². The number of benzene rings is 1. The lowest BCUT2D eigenvalue weighted by molar-refractivity contribution is -0.0248. The number of carbonyl (C=O) groups is 1. The summed E-state index contributed by atoms with van der Waals surface area (Å²) in [6.45, 7) is 2.27. The van der Waals surface area contributed by atoms with Crippen molar-refractivity contribution in [2.75, 3.05) is 30.4 Å². The van der Waals surface area contributed by atoms with E-state index in [1.54, 1.807) is 42.7 Å². The summed E-state index contributed by atoms with van der Waals surface area (Å²) in [5.41, 5.74) is 2.42. The first-order chi connectivity index (χ1) is 11.3. The molecule has 6 heteroatoms. The van der Waals surface area contributed by atoms with Crippen LogP contribution < -0.4 is 10.6 Å². The second-order valence-corrected chi connectivity index (χ2v) is 5.35. The van der Waals surface area contributed by atoms with E-state index in [-0.39, 0.29) is 5.91 Å². The lowest BCUT2D eigenvalue weighted by Gasteiger charge is -2.26. The first-order valence-corrected chi connectivity index (χ1v) is 7.33. The Kier molecular flexibility index (Phi) is 4.50. The highest BCUT2D eigenvalue weighted by molar-refractivity contribution is 6.07. The van der Waals surface area contributed by atoms with Crippen LogP contribution in [0.2, 0.25) is 0 Å². The number of nitriles is 1. The Balaban J connectivity index is 1.69. The molecule has 0 radical (unpaired) electrons. The summed E-state index contributed by atoms with van der Waals surface area (Å²) in [5.74, 6) is 0.243. The van der Waals surface area contributed by atoms with E-state index in [2.05, 4.69) is 15.6 Å². The molecule has 1 aromatic heterocycles. The molecule has 3 rings (SSSR count). The molecule has 0 spiro atoms. The highest BCUT2D eigenvalue weighted by Gasteiger charge is 2.19. The van der Waals surface area contributed by atoms with Gasteiger partial charge >= 0.3 is 0 Å². The van der Waals surface area contributed by atoms with Crippen LogP contribution in [0.25, 0.3) is 0 Å². The molecule has 1 aromatic carbocycles. The van der Waals surface area contributed by atoms with E-state index in [1.165, 1.54) is 0 Å². The Bertz CT molecular complexity index is 733. The van der Waals surface area contributed by atoms with Gasteiger partial charge in [0.05, 0.1) is 36.1 Å². The standard InChI is InChI=1S/C17H16N4O2/c18-7-12-1-3-14(4-2-12)21-17(22)15-9-19-6-5-16(15)20-8-13-10-23-11-13/h1-6,9,13H,8,10-11H2,(H,19,20)(H,21,22). The molecule has 2 aromatic rings. The predicted molar refractivity (Wildman–Crippen MR) is 86.1 cm³/mol. The number of amides is 1. The van der Waals surface area contributed by atoms with Crippen molar-refractivity contribution in [3.63, 3.8) is 0 Å². The van der Waals surface area contributed by atoms with E-state index >= 15 is 0 Å². The zero-order valence-electron chi connectivity index (χ0n) is 12.5. The first kappa shape index (κ1) is 15.0. The van der Waals surface area contributed by atoms with E-state index in [1.807, 2.05) is 6.07 Å². The number of ether oxygens (including phenoxy) is 1. The average Bonchev–Trinajstić information content (AvgIpc) is 2.54. The number of hydrogen-bond acceptors (Lipinski definition) is 5. The minimum atomic E-state index is -0.241. The highest BCUT2D eigenvalue weighted by atomic mass is 16.5. The number of nitrogens with zero attached hydrogens (tertiary/aromatic N) is 2. The van der Waals surface area contributed by atoms with Gasteiger partial charge in [0, 0.05) is 30.5 Å². The molecule has 0 unspecified atom stereocenters. The van der Waals surface area contributed by atoms with Crippen molar-refractivity contribution in [1.29, 1.82) is 5.26 Å². The third-order valence-electron chi connectivity index (χ3n) is 3.63. The first-order valence-electron chi connectivity index (χ1n) is 7.33. The van der Waals surface area contributed by atoms with Crippen LogP contribution in [0.3, 0.4) is 0 Å². The van der Waals surface area contributed by atoms with Gasteiger partial charge < -0.3 is 15.4 Å². The maximum absolute atomic E-state index is 12.4. The molecule has 0 saturated carbocycles. The summed E-state index contributed by atoms with van der Waals surface area (Å²) in [5, 5.41) is 14.9. The highest BCUT2D eigenvalue weighted by Crippen LogP contribution is 2.18. The van der Waals surface area contributed by atoms with Gasteiger partial charge in [0.2, 0.25) is 0 Å². The zero-order chi connectivity index (χ0) is 16.1. The van der Waals surface area contributed by atoms with Gasteiger partial charge in [-0.25, -0.2) is 0 Å². The summed E-state index contributed by atoms with van der Waals surface area (Å²) in [7, 11) is 0. The molecule has 6 nitrogen and oxygen atoms in total. The Labute approximate surface area is 134 Å². The molecule has 0 atom stereocenters. The van der Waals surface area contributed by atoms with Crippen molar-refractivity contribution in [1.82, 2.24) is 4.98 Å². The van der Waals surface area contributed by atoms with Crippen molar-refractivity contribution in [2.24, 2.45) is 5.92 Å². The van der Waals surface area contributed by atoms with Crippen molar-refractivity contribution in [2.45, 2.75) is 0 Å². The quantitative estimate of drug-likeness (QED) is 0.884. The zero-order valence-corrected chi connectivity index (χ0v) is 12.5. The Hall–Kier alpha value is -2.91. The molecular weight excluding hydrogens is 292 g/mol. The molecule has 1 aliphatic heterocycles. The molecular formula is C17H16N4O2. The minimum Gasteiger partial charge on any atom is -0.384 e. The minimum absolute atomic E-state index is 0.241. The average molecular weight is 308 g/mol. The fourth-order valence-electron chi connectivity index (χ4n) is 2.21. The lowest BCUT2D eigenvalue weighted by atomic mass is 10.1. The summed E-state index contributed by atoms with van der Waals surface area (Å²) >= 11 is 0. The normalized spacial score (nSPS) is 13.7. The molecule has 1 fully saturated rings. The molecule has 0 aliphatic carbocycles. The third-order valence-corrected chi connectivity index (χ3v) is 3.63. The summed E-state index contributed by atoms with van der Waals surface area (Å²) in [6, 6.07) is 10.6. The number of pyridine rings is 1. The summed E-state index contributed by atoms with van der Waals surface area (Å²) in [6.07, 6.45) is 3.19. The van der Waals surface area contributed by atoms with E-state index < -0.39 is 0 Å². The van der Waals surface area contributed by atoms with Gasteiger partial charge in [-0.2, -0.15) is 5.26 Å². The van der Waals surface area contributed by atoms with Gasteiger partial charge in [-0.05, 0) is 30.3 Å². The van der Waals surface area contributed by atoms with Crippen LogP contribution in [0.5, 0.6) is 0 Å². The van der Waals surface area contributed by atoms with Crippen molar-refractivity contribution >= 4 is 17.3 Å². The molecule has 2 N–H and O–H groups in total. The molecule has 116 valence electrons. The van der Waals surface area contributed by atoms with E-state index in [4.69, 9.17) is 10.00 Å². The molecule has 1 amide bonds. The second kappa shape index (κ2) is 6.90.